The van der Waals surface area contributed by atoms with Crippen LogP contribution in [0.25, 0.3) is 0 Å². The summed E-state index contributed by atoms with van der Waals surface area (Å²) in [6.07, 6.45) is 57.6. The number of esters is 1. The second kappa shape index (κ2) is 50.2. The number of nitrogens with one attached hydrogen (secondary N) is 1. The number of aliphatic hydroxyl groups excluding tert-OH is 2. The van der Waals surface area contributed by atoms with Crippen LogP contribution in [0.15, 0.2) is 12.2 Å². The van der Waals surface area contributed by atoms with Crippen LogP contribution in [0.1, 0.15) is 296 Å². The lowest BCUT2D eigenvalue weighted by atomic mass is 10.0. The number of unbranched alkanes of at least 4 members (excludes halogenated alkanes) is 37. The molecule has 6 nitrogen and oxygen atoms in total. The highest BCUT2D eigenvalue weighted by Crippen LogP contribution is 2.16. The summed E-state index contributed by atoms with van der Waals surface area (Å²) in [4.78, 5) is 24.4. The molecule has 2 atom stereocenters. The fourth-order valence-corrected chi connectivity index (χ4v) is 8.40. The predicted molar refractivity (Wildman–Crippen MR) is 260 cm³/mol. The summed E-state index contributed by atoms with van der Waals surface area (Å²) in [5.41, 5.74) is 0. The van der Waals surface area contributed by atoms with Crippen LogP contribution in [-0.2, 0) is 14.3 Å². The molecule has 0 spiro atoms. The van der Waals surface area contributed by atoms with Crippen molar-refractivity contribution in [1.82, 2.24) is 5.32 Å². The standard InChI is InChI=1S/C54H105NO5/c1-3-5-7-9-11-13-15-27-30-34-38-42-46-52(57)51(50-56)55-53(58)47-43-39-35-31-28-24-22-20-18-16-17-19-21-23-25-29-33-37-41-45-49-60-54(59)48-44-40-36-32-26-14-12-10-8-6-4-2/h16,18,51-52,56-57H,3-15,17,19-50H2,1-2H3,(H,55,58)/b18-16-. The zero-order chi connectivity index (χ0) is 43.7. The third kappa shape index (κ3) is 46.1. The van der Waals surface area contributed by atoms with Gasteiger partial charge in [0.2, 0.25) is 5.91 Å². The maximum absolute atomic E-state index is 12.4. The quantitative estimate of drug-likeness (QED) is 0.0322. The molecule has 0 fully saturated rings. The molecule has 2 unspecified atom stereocenters. The number of ether oxygens (including phenoxy) is 1. The molecule has 356 valence electrons. The van der Waals surface area contributed by atoms with Crippen LogP contribution >= 0.6 is 0 Å². The zero-order valence-corrected chi connectivity index (χ0v) is 40.5. The number of amides is 1. The number of rotatable bonds is 50. The van der Waals surface area contributed by atoms with E-state index < -0.39 is 12.1 Å². The van der Waals surface area contributed by atoms with Crippen LogP contribution < -0.4 is 5.32 Å². The maximum atomic E-state index is 12.4. The average Bonchev–Trinajstić information content (AvgIpc) is 3.25. The van der Waals surface area contributed by atoms with Crippen molar-refractivity contribution in [1.29, 1.82) is 0 Å². The van der Waals surface area contributed by atoms with E-state index in [-0.39, 0.29) is 18.5 Å². The number of carbonyl (C=O) groups is 2. The van der Waals surface area contributed by atoms with Crippen LogP contribution in [0, 0.1) is 0 Å². The number of carbonyl (C=O) groups excluding carboxylic acids is 2. The Morgan fingerprint density at radius 1 is 0.450 bits per heavy atom. The Morgan fingerprint density at radius 3 is 1.18 bits per heavy atom. The Bertz CT molecular complexity index is 893. The van der Waals surface area contributed by atoms with Crippen molar-refractivity contribution in [2.75, 3.05) is 13.2 Å². The smallest absolute Gasteiger partial charge is 0.305 e. The van der Waals surface area contributed by atoms with Crippen molar-refractivity contribution >= 4 is 11.9 Å². The zero-order valence-electron chi connectivity index (χ0n) is 40.5. The van der Waals surface area contributed by atoms with E-state index in [1.807, 2.05) is 0 Å². The Balaban J connectivity index is 3.42. The summed E-state index contributed by atoms with van der Waals surface area (Å²) in [6, 6.07) is -0.545. The molecule has 3 N–H and O–H groups in total. The lowest BCUT2D eigenvalue weighted by molar-refractivity contribution is -0.143. The van der Waals surface area contributed by atoms with Gasteiger partial charge in [0.15, 0.2) is 0 Å². The van der Waals surface area contributed by atoms with E-state index in [0.717, 1.165) is 38.5 Å². The van der Waals surface area contributed by atoms with Crippen LogP contribution in [0.3, 0.4) is 0 Å². The van der Waals surface area contributed by atoms with Gasteiger partial charge in [-0.15, -0.1) is 0 Å². The van der Waals surface area contributed by atoms with E-state index >= 15 is 0 Å². The highest BCUT2D eigenvalue weighted by molar-refractivity contribution is 5.76. The van der Waals surface area contributed by atoms with E-state index in [2.05, 4.69) is 31.3 Å². The second-order valence-corrected chi connectivity index (χ2v) is 18.6. The minimum atomic E-state index is -0.667. The van der Waals surface area contributed by atoms with E-state index in [1.165, 1.54) is 225 Å². The molecular weight excluding hydrogens is 743 g/mol. The minimum Gasteiger partial charge on any atom is -0.466 e. The minimum absolute atomic E-state index is 0.00601. The van der Waals surface area contributed by atoms with Gasteiger partial charge < -0.3 is 20.3 Å². The number of hydrogen-bond donors (Lipinski definition) is 3. The first-order valence-corrected chi connectivity index (χ1v) is 26.9. The van der Waals surface area contributed by atoms with Gasteiger partial charge in [-0.3, -0.25) is 9.59 Å². The van der Waals surface area contributed by atoms with Crippen LogP contribution in [-0.4, -0.2) is 47.4 Å². The fraction of sp³-hybridized carbons (Fsp3) is 0.926. The van der Waals surface area contributed by atoms with Gasteiger partial charge in [-0.25, -0.2) is 0 Å². The van der Waals surface area contributed by atoms with Gasteiger partial charge in [-0.2, -0.15) is 0 Å². The highest BCUT2D eigenvalue weighted by Gasteiger charge is 2.20. The molecule has 0 saturated heterocycles. The largest absolute Gasteiger partial charge is 0.466 e. The van der Waals surface area contributed by atoms with Crippen molar-refractivity contribution in [3.8, 4) is 0 Å². The van der Waals surface area contributed by atoms with Gasteiger partial charge in [-0.1, -0.05) is 244 Å². The first-order valence-electron chi connectivity index (χ1n) is 26.9. The van der Waals surface area contributed by atoms with Gasteiger partial charge in [-0.05, 0) is 51.4 Å². The van der Waals surface area contributed by atoms with E-state index in [0.29, 0.717) is 25.9 Å². The maximum Gasteiger partial charge on any atom is 0.305 e. The van der Waals surface area contributed by atoms with Crippen molar-refractivity contribution in [2.45, 2.75) is 309 Å². The summed E-state index contributed by atoms with van der Waals surface area (Å²) in [7, 11) is 0. The molecule has 0 aliphatic rings. The van der Waals surface area contributed by atoms with Crippen LogP contribution in [0.5, 0.6) is 0 Å². The molecule has 0 rings (SSSR count). The third-order valence-corrected chi connectivity index (χ3v) is 12.6. The Labute approximate surface area is 374 Å². The molecule has 0 saturated carbocycles. The SMILES string of the molecule is CCCCCCCCCCCCCCC(O)C(CO)NC(=O)CCCCCCCCC/C=C\CCCCCCCCCCCOC(=O)CCCCCCCCCCCCC. The van der Waals surface area contributed by atoms with Gasteiger partial charge >= 0.3 is 5.97 Å². The number of allylic oxidation sites excluding steroid dienone is 2. The molecule has 0 bridgehead atoms. The summed E-state index contributed by atoms with van der Waals surface area (Å²) in [5.74, 6) is -0.0375. The van der Waals surface area contributed by atoms with Gasteiger partial charge in [0.25, 0.3) is 0 Å². The van der Waals surface area contributed by atoms with Crippen molar-refractivity contribution < 1.29 is 24.5 Å². The second-order valence-electron chi connectivity index (χ2n) is 18.6. The molecule has 0 aromatic carbocycles. The van der Waals surface area contributed by atoms with Gasteiger partial charge in [0.1, 0.15) is 0 Å². The lowest BCUT2D eigenvalue weighted by Crippen LogP contribution is -2.45. The van der Waals surface area contributed by atoms with E-state index in [4.69, 9.17) is 4.74 Å². The predicted octanol–water partition coefficient (Wildman–Crippen LogP) is 16.1. The Kier molecular flexibility index (Phi) is 49.1. The number of hydrogen-bond acceptors (Lipinski definition) is 5. The summed E-state index contributed by atoms with van der Waals surface area (Å²) in [6.45, 7) is 4.94. The lowest BCUT2D eigenvalue weighted by Gasteiger charge is -2.22. The monoisotopic (exact) mass is 848 g/mol. The fourth-order valence-electron chi connectivity index (χ4n) is 8.40. The van der Waals surface area contributed by atoms with Crippen molar-refractivity contribution in [3.05, 3.63) is 12.2 Å². The van der Waals surface area contributed by atoms with E-state index in [1.54, 1.807) is 0 Å². The first kappa shape index (κ1) is 58.6. The molecule has 0 aliphatic heterocycles. The number of aliphatic hydroxyl groups is 2. The molecule has 0 radical (unpaired) electrons. The van der Waals surface area contributed by atoms with Gasteiger partial charge in [0.05, 0.1) is 25.4 Å². The molecule has 0 heterocycles. The van der Waals surface area contributed by atoms with Crippen LogP contribution in [0.2, 0.25) is 0 Å². The molecule has 0 aliphatic carbocycles. The molecule has 6 heteroatoms. The van der Waals surface area contributed by atoms with Crippen molar-refractivity contribution in [2.24, 2.45) is 0 Å². The molecule has 0 aromatic rings. The Morgan fingerprint density at radius 2 is 0.783 bits per heavy atom. The molecule has 60 heavy (non-hydrogen) atoms. The third-order valence-electron chi connectivity index (χ3n) is 12.6. The van der Waals surface area contributed by atoms with Crippen LogP contribution in [0.4, 0.5) is 0 Å². The van der Waals surface area contributed by atoms with E-state index in [9.17, 15) is 19.8 Å². The molecule has 0 aromatic heterocycles. The normalized spacial score (nSPS) is 12.7. The van der Waals surface area contributed by atoms with Gasteiger partial charge in [0, 0.05) is 12.8 Å². The van der Waals surface area contributed by atoms with Crippen molar-refractivity contribution in [3.63, 3.8) is 0 Å². The summed E-state index contributed by atoms with van der Waals surface area (Å²) >= 11 is 0. The first-order chi connectivity index (χ1) is 29.5. The topological polar surface area (TPSA) is 95.9 Å². The summed E-state index contributed by atoms with van der Waals surface area (Å²) in [5, 5.41) is 23.2. The average molecular weight is 848 g/mol. The molecule has 1 amide bonds. The molecular formula is C54H105NO5. The Hall–Kier alpha value is -1.40. The summed E-state index contributed by atoms with van der Waals surface area (Å²) < 4.78 is 5.45. The highest BCUT2D eigenvalue weighted by atomic mass is 16.5.